The van der Waals surface area contributed by atoms with Crippen LogP contribution in [0.15, 0.2) is 60.7 Å². The second-order valence-electron chi connectivity index (χ2n) is 6.34. The third-order valence-corrected chi connectivity index (χ3v) is 4.99. The van der Waals surface area contributed by atoms with Crippen molar-refractivity contribution in [1.29, 1.82) is 0 Å². The van der Waals surface area contributed by atoms with Crippen molar-refractivity contribution >= 4 is 10.8 Å². The molecule has 4 rings (SSSR count). The van der Waals surface area contributed by atoms with Gasteiger partial charge in [-0.3, -0.25) is 4.90 Å². The summed E-state index contributed by atoms with van der Waals surface area (Å²) in [5, 5.41) is 12.6. The van der Waals surface area contributed by atoms with E-state index >= 15 is 0 Å². The fourth-order valence-electron chi connectivity index (χ4n) is 3.53. The molecule has 3 aromatic rings. The van der Waals surface area contributed by atoms with E-state index in [4.69, 9.17) is 4.74 Å². The van der Waals surface area contributed by atoms with Gasteiger partial charge in [0.1, 0.15) is 11.5 Å². The van der Waals surface area contributed by atoms with Gasteiger partial charge in [-0.1, -0.05) is 42.5 Å². The van der Waals surface area contributed by atoms with Gasteiger partial charge in [0.15, 0.2) is 0 Å². The lowest BCUT2D eigenvalue weighted by atomic mass is 9.93. The Morgan fingerprint density at radius 3 is 2.58 bits per heavy atom. The Morgan fingerprint density at radius 1 is 1.08 bits per heavy atom. The van der Waals surface area contributed by atoms with Gasteiger partial charge in [0, 0.05) is 24.7 Å². The third-order valence-electron chi connectivity index (χ3n) is 4.99. The number of hydrogen-bond donors (Lipinski definition) is 1. The molecule has 3 heteroatoms. The molecule has 0 radical (unpaired) electrons. The van der Waals surface area contributed by atoms with Gasteiger partial charge in [-0.15, -0.1) is 0 Å². The molecule has 0 amide bonds. The molecule has 122 valence electrons. The molecule has 3 aromatic carbocycles. The number of likely N-dealkylation sites (tertiary alicyclic amines) is 1. The van der Waals surface area contributed by atoms with E-state index in [2.05, 4.69) is 35.2 Å². The maximum absolute atomic E-state index is 10.4. The fourth-order valence-corrected chi connectivity index (χ4v) is 3.53. The molecule has 0 bridgehead atoms. The lowest BCUT2D eigenvalue weighted by molar-refractivity contribution is 0.0815. The van der Waals surface area contributed by atoms with Crippen molar-refractivity contribution < 1.29 is 9.84 Å². The highest BCUT2D eigenvalue weighted by molar-refractivity contribution is 5.89. The van der Waals surface area contributed by atoms with Crippen molar-refractivity contribution in [3.63, 3.8) is 0 Å². The molecule has 1 atom stereocenters. The summed E-state index contributed by atoms with van der Waals surface area (Å²) >= 11 is 0. The van der Waals surface area contributed by atoms with Crippen molar-refractivity contribution in [3.05, 3.63) is 71.8 Å². The van der Waals surface area contributed by atoms with Gasteiger partial charge in [-0.25, -0.2) is 0 Å². The average molecular weight is 319 g/mol. The number of methoxy groups -OCH3 is 1. The molecule has 0 aromatic heterocycles. The highest BCUT2D eigenvalue weighted by atomic mass is 16.5. The fraction of sp³-hybridized carbons (Fsp3) is 0.238. The van der Waals surface area contributed by atoms with Crippen molar-refractivity contribution in [2.45, 2.75) is 19.0 Å². The maximum atomic E-state index is 10.4. The average Bonchev–Trinajstić information content (AvgIpc) is 2.60. The Balaban J connectivity index is 1.68. The SMILES string of the molecule is COc1ccc2ccc(O)c(CN3CCC3c3ccccc3)c2c1. The molecule has 3 nitrogen and oxygen atoms in total. The maximum Gasteiger partial charge on any atom is 0.120 e. The molecule has 0 aliphatic carbocycles. The highest BCUT2D eigenvalue weighted by Gasteiger charge is 2.30. The number of aromatic hydroxyl groups is 1. The van der Waals surface area contributed by atoms with E-state index in [1.807, 2.05) is 24.3 Å². The first-order chi connectivity index (χ1) is 11.8. The van der Waals surface area contributed by atoms with Crippen LogP contribution in [0.4, 0.5) is 0 Å². The lowest BCUT2D eigenvalue weighted by Crippen LogP contribution is -2.40. The smallest absolute Gasteiger partial charge is 0.120 e. The van der Waals surface area contributed by atoms with Gasteiger partial charge in [0.25, 0.3) is 0 Å². The summed E-state index contributed by atoms with van der Waals surface area (Å²) in [6.07, 6.45) is 1.17. The zero-order chi connectivity index (χ0) is 16.5. The van der Waals surface area contributed by atoms with Gasteiger partial charge in [0.2, 0.25) is 0 Å². The molecular formula is C21H21NO2. The summed E-state index contributed by atoms with van der Waals surface area (Å²) in [5.41, 5.74) is 2.33. The summed E-state index contributed by atoms with van der Waals surface area (Å²) in [5.74, 6) is 1.17. The minimum Gasteiger partial charge on any atom is -0.508 e. The van der Waals surface area contributed by atoms with E-state index in [1.165, 1.54) is 12.0 Å². The zero-order valence-electron chi connectivity index (χ0n) is 13.8. The molecule has 0 spiro atoms. The number of phenols is 1. The van der Waals surface area contributed by atoms with Crippen molar-refractivity contribution in [2.75, 3.05) is 13.7 Å². The van der Waals surface area contributed by atoms with Gasteiger partial charge >= 0.3 is 0 Å². The topological polar surface area (TPSA) is 32.7 Å². The lowest BCUT2D eigenvalue weighted by Gasteiger charge is -2.41. The van der Waals surface area contributed by atoms with E-state index in [1.54, 1.807) is 13.2 Å². The van der Waals surface area contributed by atoms with Crippen LogP contribution >= 0.6 is 0 Å². The number of fused-ring (bicyclic) bond motifs is 1. The molecule has 1 N–H and O–H groups in total. The van der Waals surface area contributed by atoms with Crippen LogP contribution in [0.5, 0.6) is 11.5 Å². The Bertz CT molecular complexity index is 860. The zero-order valence-corrected chi connectivity index (χ0v) is 13.8. The van der Waals surface area contributed by atoms with Gasteiger partial charge in [0.05, 0.1) is 7.11 Å². The van der Waals surface area contributed by atoms with Gasteiger partial charge < -0.3 is 9.84 Å². The van der Waals surface area contributed by atoms with Crippen LogP contribution < -0.4 is 4.74 Å². The largest absolute Gasteiger partial charge is 0.508 e. The third kappa shape index (κ3) is 2.61. The van der Waals surface area contributed by atoms with Crippen LogP contribution in [0.1, 0.15) is 23.6 Å². The minimum absolute atomic E-state index is 0.356. The second kappa shape index (κ2) is 6.17. The van der Waals surface area contributed by atoms with Crippen molar-refractivity contribution in [3.8, 4) is 11.5 Å². The Kier molecular flexibility index (Phi) is 3.87. The molecule has 1 aliphatic heterocycles. The first kappa shape index (κ1) is 15.0. The number of benzene rings is 3. The van der Waals surface area contributed by atoms with Crippen LogP contribution in [0, 0.1) is 0 Å². The van der Waals surface area contributed by atoms with Crippen LogP contribution in [-0.2, 0) is 6.54 Å². The van der Waals surface area contributed by atoms with E-state index in [0.29, 0.717) is 11.8 Å². The molecule has 0 saturated carbocycles. The Hall–Kier alpha value is -2.52. The Labute approximate surface area is 142 Å². The molecule has 24 heavy (non-hydrogen) atoms. The predicted octanol–water partition coefficient (Wildman–Crippen LogP) is 4.50. The molecule has 1 fully saturated rings. The minimum atomic E-state index is 0.356. The summed E-state index contributed by atoms with van der Waals surface area (Å²) in [6.45, 7) is 1.80. The quantitative estimate of drug-likeness (QED) is 0.768. The standard InChI is InChI=1S/C21H21NO2/c1-24-17-9-7-15-8-10-21(23)19(18(15)13-17)14-22-12-11-20(22)16-5-3-2-4-6-16/h2-10,13,20,23H,11-12,14H2,1H3. The van der Waals surface area contributed by atoms with E-state index in [-0.39, 0.29) is 0 Å². The number of ether oxygens (including phenoxy) is 1. The molecule has 1 aliphatic rings. The summed E-state index contributed by atoms with van der Waals surface area (Å²) in [6, 6.07) is 20.8. The van der Waals surface area contributed by atoms with E-state index in [0.717, 1.165) is 35.2 Å². The molecule has 1 saturated heterocycles. The van der Waals surface area contributed by atoms with E-state index in [9.17, 15) is 5.11 Å². The monoisotopic (exact) mass is 319 g/mol. The second-order valence-corrected chi connectivity index (χ2v) is 6.34. The summed E-state index contributed by atoms with van der Waals surface area (Å²) in [4.78, 5) is 2.42. The molecular weight excluding hydrogens is 298 g/mol. The number of hydrogen-bond acceptors (Lipinski definition) is 3. The van der Waals surface area contributed by atoms with Gasteiger partial charge in [-0.05, 0) is 41.0 Å². The Morgan fingerprint density at radius 2 is 1.88 bits per heavy atom. The van der Waals surface area contributed by atoms with Crippen LogP contribution in [0.25, 0.3) is 10.8 Å². The van der Waals surface area contributed by atoms with Crippen LogP contribution in [-0.4, -0.2) is 23.7 Å². The van der Waals surface area contributed by atoms with Crippen molar-refractivity contribution in [2.24, 2.45) is 0 Å². The van der Waals surface area contributed by atoms with Crippen LogP contribution in [0.3, 0.4) is 0 Å². The first-order valence-electron chi connectivity index (χ1n) is 8.34. The molecule has 1 unspecified atom stereocenters. The first-order valence-corrected chi connectivity index (χ1v) is 8.34. The van der Waals surface area contributed by atoms with Gasteiger partial charge in [-0.2, -0.15) is 0 Å². The predicted molar refractivity (Wildman–Crippen MR) is 96.4 cm³/mol. The summed E-state index contributed by atoms with van der Waals surface area (Å²) in [7, 11) is 1.67. The highest BCUT2D eigenvalue weighted by Crippen LogP contribution is 2.38. The van der Waals surface area contributed by atoms with Crippen molar-refractivity contribution in [1.82, 2.24) is 4.90 Å². The number of rotatable bonds is 4. The molecule has 1 heterocycles. The van der Waals surface area contributed by atoms with Crippen LogP contribution in [0.2, 0.25) is 0 Å². The van der Waals surface area contributed by atoms with E-state index < -0.39 is 0 Å². The number of phenolic OH excluding ortho intramolecular Hbond substituents is 1. The normalized spacial score (nSPS) is 17.6. The summed E-state index contributed by atoms with van der Waals surface area (Å²) < 4.78 is 5.36. The number of nitrogens with zero attached hydrogens (tertiary/aromatic N) is 1.